The molecule has 0 unspecified atom stereocenters. The van der Waals surface area contributed by atoms with E-state index in [1.54, 1.807) is 23.5 Å². The van der Waals surface area contributed by atoms with E-state index in [0.29, 0.717) is 5.69 Å². The van der Waals surface area contributed by atoms with Crippen LogP contribution in [0.4, 0.5) is 10.1 Å². The zero-order valence-corrected chi connectivity index (χ0v) is 14.3. The van der Waals surface area contributed by atoms with Crippen molar-refractivity contribution in [2.75, 3.05) is 18.9 Å². The zero-order valence-electron chi connectivity index (χ0n) is 13.5. The van der Waals surface area contributed by atoms with Crippen molar-refractivity contribution < 1.29 is 9.18 Å². The highest BCUT2D eigenvalue weighted by atomic mass is 32.1. The number of anilines is 1. The molecule has 1 heterocycles. The van der Waals surface area contributed by atoms with Crippen molar-refractivity contribution in [3.05, 3.63) is 59.4 Å². The minimum Gasteiger partial charge on any atom is -0.325 e. The highest BCUT2D eigenvalue weighted by Crippen LogP contribution is 2.28. The first-order valence-corrected chi connectivity index (χ1v) is 8.46. The van der Waals surface area contributed by atoms with Crippen LogP contribution in [0, 0.1) is 5.82 Å². The van der Waals surface area contributed by atoms with Crippen molar-refractivity contribution in [2.45, 2.75) is 13.0 Å². The van der Waals surface area contributed by atoms with E-state index in [2.05, 4.69) is 10.3 Å². The van der Waals surface area contributed by atoms with Crippen molar-refractivity contribution in [2.24, 2.45) is 0 Å². The third-order valence-electron chi connectivity index (χ3n) is 3.85. The molecule has 0 aliphatic heterocycles. The van der Waals surface area contributed by atoms with Gasteiger partial charge in [-0.3, -0.25) is 9.69 Å². The van der Waals surface area contributed by atoms with E-state index >= 15 is 0 Å². The maximum Gasteiger partial charge on any atom is 0.238 e. The fraction of sp³-hybridized carbons (Fsp3) is 0.222. The third-order valence-corrected chi connectivity index (χ3v) is 5.06. The topological polar surface area (TPSA) is 45.2 Å². The largest absolute Gasteiger partial charge is 0.325 e. The zero-order chi connectivity index (χ0) is 17.1. The molecule has 3 rings (SSSR count). The van der Waals surface area contributed by atoms with Gasteiger partial charge in [0.15, 0.2) is 0 Å². The Balaban J connectivity index is 1.63. The van der Waals surface area contributed by atoms with Crippen molar-refractivity contribution in [1.29, 1.82) is 0 Å². The summed E-state index contributed by atoms with van der Waals surface area (Å²) >= 11 is 1.64. The van der Waals surface area contributed by atoms with Gasteiger partial charge in [-0.1, -0.05) is 12.1 Å². The quantitative estimate of drug-likeness (QED) is 0.760. The predicted molar refractivity (Wildman–Crippen MR) is 95.7 cm³/mol. The molecule has 2 aromatic carbocycles. The van der Waals surface area contributed by atoms with Crippen LogP contribution in [-0.2, 0) is 4.79 Å². The molecule has 0 radical (unpaired) electrons. The van der Waals surface area contributed by atoms with Gasteiger partial charge in [0.2, 0.25) is 5.91 Å². The van der Waals surface area contributed by atoms with Crippen LogP contribution in [0.25, 0.3) is 10.2 Å². The van der Waals surface area contributed by atoms with E-state index in [9.17, 15) is 9.18 Å². The van der Waals surface area contributed by atoms with Crippen LogP contribution in [0.3, 0.4) is 0 Å². The number of fused-ring (bicyclic) bond motifs is 1. The summed E-state index contributed by atoms with van der Waals surface area (Å²) in [7, 11) is 1.89. The number of benzene rings is 2. The molecule has 0 saturated carbocycles. The van der Waals surface area contributed by atoms with E-state index in [1.807, 2.05) is 43.1 Å². The Morgan fingerprint density at radius 2 is 1.96 bits per heavy atom. The van der Waals surface area contributed by atoms with Gasteiger partial charge >= 0.3 is 0 Å². The molecule has 24 heavy (non-hydrogen) atoms. The maximum atomic E-state index is 12.9. The fourth-order valence-electron chi connectivity index (χ4n) is 2.35. The fourth-order valence-corrected chi connectivity index (χ4v) is 3.44. The van der Waals surface area contributed by atoms with Crippen LogP contribution < -0.4 is 5.32 Å². The monoisotopic (exact) mass is 343 g/mol. The van der Waals surface area contributed by atoms with E-state index in [1.165, 1.54) is 12.1 Å². The Bertz CT molecular complexity index is 814. The molecule has 4 nitrogen and oxygen atoms in total. The van der Waals surface area contributed by atoms with Crippen LogP contribution in [0.2, 0.25) is 0 Å². The number of hydrogen-bond donors (Lipinski definition) is 1. The lowest BCUT2D eigenvalue weighted by Crippen LogP contribution is -2.32. The van der Waals surface area contributed by atoms with Gasteiger partial charge < -0.3 is 5.32 Å². The number of rotatable bonds is 5. The van der Waals surface area contributed by atoms with Crippen molar-refractivity contribution >= 4 is 33.1 Å². The molecule has 0 saturated heterocycles. The average molecular weight is 343 g/mol. The Kier molecular flexibility index (Phi) is 4.87. The van der Waals surface area contributed by atoms with Gasteiger partial charge in [0.25, 0.3) is 0 Å². The molecule has 0 bridgehead atoms. The van der Waals surface area contributed by atoms with Gasteiger partial charge in [-0.2, -0.15) is 0 Å². The van der Waals surface area contributed by atoms with Gasteiger partial charge in [-0.25, -0.2) is 9.37 Å². The van der Waals surface area contributed by atoms with Gasteiger partial charge in [0, 0.05) is 5.69 Å². The molecule has 0 fully saturated rings. The summed E-state index contributed by atoms with van der Waals surface area (Å²) in [6, 6.07) is 13.8. The van der Waals surface area contributed by atoms with Crippen LogP contribution in [0.5, 0.6) is 0 Å². The molecule has 1 N–H and O–H groups in total. The summed E-state index contributed by atoms with van der Waals surface area (Å²) < 4.78 is 14.0. The second-order valence-electron chi connectivity index (χ2n) is 5.67. The molecular formula is C18H18FN3OS. The number of thiazole rings is 1. The molecule has 1 aromatic heterocycles. The lowest BCUT2D eigenvalue weighted by Gasteiger charge is -2.22. The Morgan fingerprint density at radius 1 is 1.25 bits per heavy atom. The number of carbonyl (C=O) groups is 1. The second-order valence-corrected chi connectivity index (χ2v) is 6.73. The summed E-state index contributed by atoms with van der Waals surface area (Å²) in [5.41, 5.74) is 1.57. The Labute approximate surface area is 143 Å². The standard InChI is InChI=1S/C18H18FN3OS/c1-12(18-21-15-5-3-4-6-16(15)24-18)22(2)11-17(23)20-14-9-7-13(19)8-10-14/h3-10,12H,11H2,1-2H3,(H,20,23)/t12-/m1/s1. The lowest BCUT2D eigenvalue weighted by atomic mass is 10.3. The number of nitrogens with one attached hydrogen (secondary N) is 1. The molecule has 124 valence electrons. The number of hydrogen-bond acceptors (Lipinski definition) is 4. The van der Waals surface area contributed by atoms with E-state index in [-0.39, 0.29) is 24.3 Å². The number of para-hydroxylation sites is 1. The molecule has 0 aliphatic carbocycles. The number of halogens is 1. The Morgan fingerprint density at radius 3 is 2.67 bits per heavy atom. The van der Waals surface area contributed by atoms with Crippen molar-refractivity contribution in [1.82, 2.24) is 9.88 Å². The molecule has 1 amide bonds. The summed E-state index contributed by atoms with van der Waals surface area (Å²) in [6.07, 6.45) is 0. The highest BCUT2D eigenvalue weighted by Gasteiger charge is 2.18. The third kappa shape index (κ3) is 3.77. The minimum absolute atomic E-state index is 0.0290. The van der Waals surface area contributed by atoms with Gasteiger partial charge in [0.05, 0.1) is 22.8 Å². The van der Waals surface area contributed by atoms with Gasteiger partial charge in [0.1, 0.15) is 10.8 Å². The summed E-state index contributed by atoms with van der Waals surface area (Å²) in [4.78, 5) is 18.7. The van der Waals surface area contributed by atoms with Crippen LogP contribution in [0.1, 0.15) is 18.0 Å². The predicted octanol–water partition coefficient (Wildman–Crippen LogP) is 4.07. The highest BCUT2D eigenvalue weighted by molar-refractivity contribution is 7.18. The van der Waals surface area contributed by atoms with Gasteiger partial charge in [-0.15, -0.1) is 11.3 Å². The summed E-state index contributed by atoms with van der Waals surface area (Å²) in [5, 5.41) is 3.75. The van der Waals surface area contributed by atoms with Crippen LogP contribution in [0.15, 0.2) is 48.5 Å². The van der Waals surface area contributed by atoms with Gasteiger partial charge in [-0.05, 0) is 50.4 Å². The number of likely N-dealkylation sites (N-methyl/N-ethyl adjacent to an activating group) is 1. The summed E-state index contributed by atoms with van der Waals surface area (Å²) in [5.74, 6) is -0.466. The van der Waals surface area contributed by atoms with E-state index < -0.39 is 0 Å². The average Bonchev–Trinajstić information content (AvgIpc) is 3.00. The summed E-state index contributed by atoms with van der Waals surface area (Å²) in [6.45, 7) is 2.26. The molecule has 3 aromatic rings. The molecular weight excluding hydrogens is 325 g/mol. The van der Waals surface area contributed by atoms with Crippen molar-refractivity contribution in [3.8, 4) is 0 Å². The second kappa shape index (κ2) is 7.07. The maximum absolute atomic E-state index is 12.9. The van der Waals surface area contributed by atoms with E-state index in [4.69, 9.17) is 0 Å². The minimum atomic E-state index is -0.324. The molecule has 6 heteroatoms. The number of aromatic nitrogens is 1. The van der Waals surface area contributed by atoms with Crippen molar-refractivity contribution in [3.63, 3.8) is 0 Å². The number of nitrogens with zero attached hydrogens (tertiary/aromatic N) is 2. The first-order valence-electron chi connectivity index (χ1n) is 7.64. The lowest BCUT2D eigenvalue weighted by molar-refractivity contribution is -0.117. The first kappa shape index (κ1) is 16.5. The normalized spacial score (nSPS) is 12.5. The SMILES string of the molecule is C[C@H](c1nc2ccccc2s1)N(C)CC(=O)Nc1ccc(F)cc1. The molecule has 0 aliphatic rings. The number of amides is 1. The smallest absolute Gasteiger partial charge is 0.238 e. The molecule has 0 spiro atoms. The van der Waals surface area contributed by atoms with E-state index in [0.717, 1.165) is 15.2 Å². The van der Waals surface area contributed by atoms with Crippen LogP contribution in [-0.4, -0.2) is 29.4 Å². The van der Waals surface area contributed by atoms with Crippen LogP contribution >= 0.6 is 11.3 Å². The first-order chi connectivity index (χ1) is 11.5. The molecule has 1 atom stereocenters. The Hall–Kier alpha value is -2.31. The number of carbonyl (C=O) groups excluding carboxylic acids is 1.